The van der Waals surface area contributed by atoms with Crippen molar-refractivity contribution in [3.63, 3.8) is 0 Å². The average Bonchev–Trinajstić information content (AvgIpc) is 2.89. The molecule has 1 heterocycles. The van der Waals surface area contributed by atoms with Gasteiger partial charge in [-0.3, -0.25) is 9.69 Å². The molecule has 0 bridgehead atoms. The first-order valence-electron chi connectivity index (χ1n) is 9.22. The Morgan fingerprint density at radius 1 is 1.07 bits per heavy atom. The van der Waals surface area contributed by atoms with E-state index >= 15 is 0 Å². The maximum absolute atomic E-state index is 14.3. The molecule has 9 heteroatoms. The van der Waals surface area contributed by atoms with Crippen LogP contribution in [0, 0.1) is 12.7 Å². The van der Waals surface area contributed by atoms with Gasteiger partial charge in [-0.05, 0) is 61.7 Å². The number of amides is 1. The second-order valence-electron chi connectivity index (χ2n) is 7.22. The number of hydrogen-bond acceptors (Lipinski definition) is 5. The van der Waals surface area contributed by atoms with Crippen LogP contribution in [0.1, 0.15) is 30.5 Å². The molecule has 1 aliphatic heterocycles. The van der Waals surface area contributed by atoms with Gasteiger partial charge in [0.1, 0.15) is 5.75 Å². The molecule has 0 saturated carbocycles. The van der Waals surface area contributed by atoms with Crippen molar-refractivity contribution in [1.82, 2.24) is 4.90 Å². The lowest BCUT2D eigenvalue weighted by molar-refractivity contribution is -0.129. The molecule has 160 valence electrons. The van der Waals surface area contributed by atoms with Crippen molar-refractivity contribution < 1.29 is 27.4 Å². The van der Waals surface area contributed by atoms with Crippen molar-refractivity contribution in [3.05, 3.63) is 58.9 Å². The summed E-state index contributed by atoms with van der Waals surface area (Å²) in [5, 5.41) is 0. The van der Waals surface area contributed by atoms with Crippen molar-refractivity contribution in [3.8, 4) is 11.5 Å². The Bertz CT molecular complexity index is 1010. The molecule has 0 aromatic heterocycles. The van der Waals surface area contributed by atoms with Gasteiger partial charge in [-0.2, -0.15) is 8.78 Å². The minimum atomic E-state index is -2.98. The zero-order chi connectivity index (χ0) is 22.2. The van der Waals surface area contributed by atoms with Gasteiger partial charge in [0, 0.05) is 7.05 Å². The van der Waals surface area contributed by atoms with E-state index in [1.54, 1.807) is 20.8 Å². The molecule has 1 atom stereocenters. The first-order valence-corrected chi connectivity index (χ1v) is 9.22. The first-order chi connectivity index (χ1) is 14.1. The maximum atomic E-state index is 14.3. The SMILES string of the molecule is Cc1cc(C2(c3ccc(F)c(OC(C)C)c3)N=C(N)N(C)C2=O)ccc1OC(F)F. The molecule has 6 nitrogen and oxygen atoms in total. The number of nitrogens with two attached hydrogens (primary N) is 1. The van der Waals surface area contributed by atoms with Crippen LogP contribution in [0.2, 0.25) is 0 Å². The number of halogens is 3. The summed E-state index contributed by atoms with van der Waals surface area (Å²) in [7, 11) is 1.47. The monoisotopic (exact) mass is 421 g/mol. The van der Waals surface area contributed by atoms with E-state index in [-0.39, 0.29) is 23.6 Å². The number of alkyl halides is 2. The molecule has 2 N–H and O–H groups in total. The van der Waals surface area contributed by atoms with E-state index in [0.717, 1.165) is 0 Å². The van der Waals surface area contributed by atoms with E-state index in [4.69, 9.17) is 10.5 Å². The number of hydrogen-bond donors (Lipinski definition) is 1. The summed E-state index contributed by atoms with van der Waals surface area (Å²) >= 11 is 0. The molecule has 0 saturated heterocycles. The normalized spacial score (nSPS) is 18.9. The molecule has 2 aromatic carbocycles. The van der Waals surface area contributed by atoms with Gasteiger partial charge in [0.05, 0.1) is 6.10 Å². The molecular formula is C21H22F3N3O3. The number of aliphatic imine (C=N–C) groups is 1. The van der Waals surface area contributed by atoms with E-state index in [1.807, 2.05) is 0 Å². The molecule has 1 amide bonds. The largest absolute Gasteiger partial charge is 0.488 e. The molecule has 1 unspecified atom stereocenters. The lowest BCUT2D eigenvalue weighted by Crippen LogP contribution is -2.41. The number of benzene rings is 2. The van der Waals surface area contributed by atoms with Gasteiger partial charge in [0.25, 0.3) is 5.91 Å². The van der Waals surface area contributed by atoms with Gasteiger partial charge in [0.2, 0.25) is 0 Å². The highest BCUT2D eigenvalue weighted by molar-refractivity contribution is 6.09. The number of ether oxygens (including phenoxy) is 2. The third-order valence-corrected chi connectivity index (χ3v) is 4.76. The lowest BCUT2D eigenvalue weighted by atomic mass is 9.82. The average molecular weight is 421 g/mol. The standard InChI is InChI=1S/C21H22F3N3O3/c1-11(2)29-17-10-14(5-7-15(17)22)21(18(28)27(4)20(25)26-21)13-6-8-16(12(3)9-13)30-19(23)24/h5-11,19H,1-4H3,(H2,25,26). The van der Waals surface area contributed by atoms with Crippen molar-refractivity contribution in [1.29, 1.82) is 0 Å². The van der Waals surface area contributed by atoms with Crippen LogP contribution in [0.25, 0.3) is 0 Å². The number of carbonyl (C=O) groups is 1. The van der Waals surface area contributed by atoms with Gasteiger partial charge in [-0.25, -0.2) is 9.38 Å². The number of carbonyl (C=O) groups excluding carboxylic acids is 1. The minimum Gasteiger partial charge on any atom is -0.488 e. The van der Waals surface area contributed by atoms with E-state index in [2.05, 4.69) is 9.73 Å². The van der Waals surface area contributed by atoms with Gasteiger partial charge in [-0.1, -0.05) is 12.1 Å². The van der Waals surface area contributed by atoms with Crippen molar-refractivity contribution in [2.45, 2.75) is 39.0 Å². The van der Waals surface area contributed by atoms with Crippen molar-refractivity contribution >= 4 is 11.9 Å². The highest BCUT2D eigenvalue weighted by atomic mass is 19.3. The van der Waals surface area contributed by atoms with Gasteiger partial charge >= 0.3 is 6.61 Å². The van der Waals surface area contributed by atoms with E-state index in [0.29, 0.717) is 16.7 Å². The summed E-state index contributed by atoms with van der Waals surface area (Å²) in [6.07, 6.45) is -0.297. The van der Waals surface area contributed by atoms with Crippen LogP contribution in [-0.2, 0) is 10.3 Å². The molecule has 1 aliphatic rings. The summed E-state index contributed by atoms with van der Waals surface area (Å²) < 4.78 is 49.5. The predicted molar refractivity (Wildman–Crippen MR) is 105 cm³/mol. The molecule has 0 radical (unpaired) electrons. The molecule has 30 heavy (non-hydrogen) atoms. The number of aryl methyl sites for hydroxylation is 1. The second-order valence-corrected chi connectivity index (χ2v) is 7.22. The van der Waals surface area contributed by atoms with Crippen LogP contribution >= 0.6 is 0 Å². The second kappa shape index (κ2) is 7.89. The molecular weight excluding hydrogens is 399 g/mol. The maximum Gasteiger partial charge on any atom is 0.387 e. The smallest absolute Gasteiger partial charge is 0.387 e. The Morgan fingerprint density at radius 3 is 2.23 bits per heavy atom. The summed E-state index contributed by atoms with van der Waals surface area (Å²) in [4.78, 5) is 18.9. The summed E-state index contributed by atoms with van der Waals surface area (Å²) in [5.74, 6) is -1.14. The molecule has 0 aliphatic carbocycles. The number of rotatable bonds is 6. The van der Waals surface area contributed by atoms with Gasteiger partial charge < -0.3 is 15.2 Å². The number of guanidine groups is 1. The Kier molecular flexibility index (Phi) is 5.65. The van der Waals surface area contributed by atoms with Crippen LogP contribution in [0.3, 0.4) is 0 Å². The Labute approximate surface area is 172 Å². The molecule has 0 fully saturated rings. The highest BCUT2D eigenvalue weighted by Crippen LogP contribution is 2.42. The molecule has 3 rings (SSSR count). The fraction of sp³-hybridized carbons (Fsp3) is 0.333. The summed E-state index contributed by atoms with van der Waals surface area (Å²) in [6.45, 7) is 2.09. The summed E-state index contributed by atoms with van der Waals surface area (Å²) in [6, 6.07) is 8.35. The predicted octanol–water partition coefficient (Wildman–Crippen LogP) is 3.55. The zero-order valence-electron chi connectivity index (χ0n) is 16.9. The van der Waals surface area contributed by atoms with Crippen molar-refractivity contribution in [2.24, 2.45) is 10.7 Å². The van der Waals surface area contributed by atoms with Crippen LogP contribution < -0.4 is 15.2 Å². The quantitative estimate of drug-likeness (QED) is 0.774. The molecule has 2 aromatic rings. The topological polar surface area (TPSA) is 77.2 Å². The lowest BCUT2D eigenvalue weighted by Gasteiger charge is -2.27. The van der Waals surface area contributed by atoms with Crippen molar-refractivity contribution in [2.75, 3.05) is 7.05 Å². The fourth-order valence-electron chi connectivity index (χ4n) is 3.36. The number of nitrogens with zero attached hydrogens (tertiary/aromatic N) is 2. The number of likely N-dealkylation sites (N-methyl/N-ethyl adjacent to an activating group) is 1. The Morgan fingerprint density at radius 2 is 1.70 bits per heavy atom. The third kappa shape index (κ3) is 3.67. The van der Waals surface area contributed by atoms with Gasteiger partial charge in [0.15, 0.2) is 23.1 Å². The van der Waals surface area contributed by atoms with E-state index in [9.17, 15) is 18.0 Å². The van der Waals surface area contributed by atoms with Crippen LogP contribution in [0.5, 0.6) is 11.5 Å². The van der Waals surface area contributed by atoms with E-state index in [1.165, 1.54) is 48.3 Å². The fourth-order valence-corrected chi connectivity index (χ4v) is 3.36. The van der Waals surface area contributed by atoms with Crippen LogP contribution in [0.15, 0.2) is 41.4 Å². The highest BCUT2D eigenvalue weighted by Gasteiger charge is 2.50. The Balaban J connectivity index is 2.21. The van der Waals surface area contributed by atoms with E-state index < -0.39 is 23.9 Å². The summed E-state index contributed by atoms with van der Waals surface area (Å²) in [5.41, 5.74) is 5.40. The first kappa shape index (κ1) is 21.5. The Hall–Kier alpha value is -3.23. The third-order valence-electron chi connectivity index (χ3n) is 4.76. The van der Waals surface area contributed by atoms with Crippen LogP contribution in [0.4, 0.5) is 13.2 Å². The van der Waals surface area contributed by atoms with Gasteiger partial charge in [-0.15, -0.1) is 0 Å². The van der Waals surface area contributed by atoms with Crippen LogP contribution in [-0.4, -0.2) is 36.5 Å². The molecule has 0 spiro atoms. The minimum absolute atomic E-state index is 0.0254. The zero-order valence-corrected chi connectivity index (χ0v) is 16.9.